The van der Waals surface area contributed by atoms with E-state index in [1.54, 1.807) is 10.9 Å². The monoisotopic (exact) mass is 354 g/mol. The molecule has 132 valence electrons. The summed E-state index contributed by atoms with van der Waals surface area (Å²) in [6.45, 7) is 0. The molecule has 0 radical (unpaired) electrons. The predicted octanol–water partition coefficient (Wildman–Crippen LogP) is 3.49. The van der Waals surface area contributed by atoms with E-state index >= 15 is 0 Å². The number of nitro benzene ring substituents is 1. The number of benzene rings is 2. The maximum Gasteiger partial charge on any atom is 0.271 e. The molecule has 7 nitrogen and oxygen atoms in total. The Morgan fingerprint density at radius 3 is 2.73 bits per heavy atom. The SMILES string of the molecule is O=C(CCc1cnn(-c2ccccc2)c1)Nc1cc([N+](=O)[O-])ccc1F. The molecule has 2 aromatic carbocycles. The zero-order valence-corrected chi connectivity index (χ0v) is 13.6. The van der Waals surface area contributed by atoms with Crippen molar-refractivity contribution in [3.05, 3.63) is 82.4 Å². The Labute approximate surface area is 148 Å². The van der Waals surface area contributed by atoms with Gasteiger partial charge in [-0.05, 0) is 30.2 Å². The normalized spacial score (nSPS) is 10.5. The number of para-hydroxylation sites is 1. The molecule has 0 aliphatic heterocycles. The van der Waals surface area contributed by atoms with Gasteiger partial charge in [-0.25, -0.2) is 9.07 Å². The van der Waals surface area contributed by atoms with Crippen molar-refractivity contribution in [2.24, 2.45) is 0 Å². The summed E-state index contributed by atoms with van der Waals surface area (Å²) in [5.41, 5.74) is 1.26. The van der Waals surface area contributed by atoms with Crippen LogP contribution in [0.5, 0.6) is 0 Å². The number of rotatable bonds is 6. The van der Waals surface area contributed by atoms with Gasteiger partial charge < -0.3 is 5.32 Å². The Morgan fingerprint density at radius 2 is 2.00 bits per heavy atom. The first-order valence-electron chi connectivity index (χ1n) is 7.86. The maximum atomic E-state index is 13.7. The summed E-state index contributed by atoms with van der Waals surface area (Å²) in [7, 11) is 0. The molecular formula is C18H15FN4O3. The third-order valence-corrected chi connectivity index (χ3v) is 3.73. The molecule has 0 spiro atoms. The number of carbonyl (C=O) groups excluding carboxylic acids is 1. The molecule has 1 amide bonds. The Hall–Kier alpha value is -3.55. The zero-order chi connectivity index (χ0) is 18.5. The maximum absolute atomic E-state index is 13.7. The lowest BCUT2D eigenvalue weighted by Crippen LogP contribution is -2.13. The summed E-state index contributed by atoms with van der Waals surface area (Å²) < 4.78 is 15.4. The van der Waals surface area contributed by atoms with Crippen molar-refractivity contribution in [3.8, 4) is 5.69 Å². The van der Waals surface area contributed by atoms with Gasteiger partial charge in [0.15, 0.2) is 0 Å². The van der Waals surface area contributed by atoms with Crippen molar-refractivity contribution in [3.63, 3.8) is 0 Å². The minimum atomic E-state index is -0.721. The van der Waals surface area contributed by atoms with Crippen molar-refractivity contribution >= 4 is 17.3 Å². The predicted molar refractivity (Wildman–Crippen MR) is 93.6 cm³/mol. The Balaban J connectivity index is 1.61. The van der Waals surface area contributed by atoms with Gasteiger partial charge in [-0.15, -0.1) is 0 Å². The number of nitrogens with one attached hydrogen (secondary N) is 1. The first-order chi connectivity index (χ1) is 12.5. The number of hydrogen-bond donors (Lipinski definition) is 1. The van der Waals surface area contributed by atoms with Gasteiger partial charge in [-0.2, -0.15) is 5.10 Å². The van der Waals surface area contributed by atoms with E-state index in [2.05, 4.69) is 10.4 Å². The highest BCUT2D eigenvalue weighted by atomic mass is 19.1. The van der Waals surface area contributed by atoms with Crippen molar-refractivity contribution in [1.82, 2.24) is 9.78 Å². The quantitative estimate of drug-likeness (QED) is 0.542. The van der Waals surface area contributed by atoms with Crippen molar-refractivity contribution in [2.45, 2.75) is 12.8 Å². The van der Waals surface area contributed by atoms with Gasteiger partial charge in [0.2, 0.25) is 5.91 Å². The first-order valence-corrected chi connectivity index (χ1v) is 7.86. The Bertz CT molecular complexity index is 941. The van der Waals surface area contributed by atoms with E-state index in [-0.39, 0.29) is 17.8 Å². The average molecular weight is 354 g/mol. The number of halogens is 1. The molecule has 1 N–H and O–H groups in total. The highest BCUT2D eigenvalue weighted by molar-refractivity contribution is 5.91. The molecule has 0 bridgehead atoms. The molecule has 1 aromatic heterocycles. The van der Waals surface area contributed by atoms with Crippen LogP contribution in [0.1, 0.15) is 12.0 Å². The molecule has 0 fully saturated rings. The number of aryl methyl sites for hydroxylation is 1. The number of hydrogen-bond acceptors (Lipinski definition) is 4. The summed E-state index contributed by atoms with van der Waals surface area (Å²) in [4.78, 5) is 22.1. The van der Waals surface area contributed by atoms with Gasteiger partial charge in [0, 0.05) is 24.8 Å². The van der Waals surface area contributed by atoms with Crippen LogP contribution in [0.2, 0.25) is 0 Å². The van der Waals surface area contributed by atoms with E-state index in [9.17, 15) is 19.3 Å². The lowest BCUT2D eigenvalue weighted by molar-refractivity contribution is -0.384. The number of carbonyl (C=O) groups is 1. The second kappa shape index (κ2) is 7.56. The topological polar surface area (TPSA) is 90.1 Å². The molecule has 0 aliphatic carbocycles. The number of amides is 1. The molecule has 3 rings (SSSR count). The van der Waals surface area contributed by atoms with E-state index in [4.69, 9.17) is 0 Å². The standard InChI is InChI=1S/C18H15FN4O3/c19-16-8-7-15(23(25)26)10-17(16)21-18(24)9-6-13-11-20-22(12-13)14-4-2-1-3-5-14/h1-5,7-8,10-12H,6,9H2,(H,21,24). The van der Waals surface area contributed by atoms with E-state index < -0.39 is 16.6 Å². The first kappa shape index (κ1) is 17.3. The largest absolute Gasteiger partial charge is 0.323 e. The summed E-state index contributed by atoms with van der Waals surface area (Å²) in [6, 6.07) is 12.5. The lowest BCUT2D eigenvalue weighted by atomic mass is 10.2. The van der Waals surface area contributed by atoms with Crippen molar-refractivity contribution in [1.29, 1.82) is 0 Å². The fourth-order valence-corrected chi connectivity index (χ4v) is 2.40. The van der Waals surface area contributed by atoms with Crippen LogP contribution in [-0.4, -0.2) is 20.6 Å². The summed E-state index contributed by atoms with van der Waals surface area (Å²) in [5.74, 6) is -1.15. The van der Waals surface area contributed by atoms with Gasteiger partial charge in [-0.3, -0.25) is 14.9 Å². The third-order valence-electron chi connectivity index (χ3n) is 3.73. The average Bonchev–Trinajstić information content (AvgIpc) is 3.11. The van der Waals surface area contributed by atoms with Gasteiger partial charge in [-0.1, -0.05) is 18.2 Å². The number of nitrogens with zero attached hydrogens (tertiary/aromatic N) is 3. The van der Waals surface area contributed by atoms with Crippen LogP contribution in [0.4, 0.5) is 15.8 Å². The minimum Gasteiger partial charge on any atom is -0.323 e. The molecule has 26 heavy (non-hydrogen) atoms. The van der Waals surface area contributed by atoms with Crippen LogP contribution in [0.25, 0.3) is 5.69 Å². The van der Waals surface area contributed by atoms with Crippen LogP contribution in [-0.2, 0) is 11.2 Å². The molecule has 0 aliphatic rings. The highest BCUT2D eigenvalue weighted by Gasteiger charge is 2.13. The van der Waals surface area contributed by atoms with Gasteiger partial charge >= 0.3 is 0 Å². The molecule has 0 unspecified atom stereocenters. The van der Waals surface area contributed by atoms with Gasteiger partial charge in [0.1, 0.15) is 5.82 Å². The van der Waals surface area contributed by atoms with Crippen LogP contribution in [0, 0.1) is 15.9 Å². The van der Waals surface area contributed by atoms with E-state index in [0.717, 1.165) is 29.4 Å². The highest BCUT2D eigenvalue weighted by Crippen LogP contribution is 2.21. The number of anilines is 1. The molecule has 8 heteroatoms. The molecule has 1 heterocycles. The van der Waals surface area contributed by atoms with Crippen molar-refractivity contribution in [2.75, 3.05) is 5.32 Å². The summed E-state index contributed by atoms with van der Waals surface area (Å²) in [5, 5.41) is 17.4. The number of nitro groups is 1. The van der Waals surface area contributed by atoms with E-state index in [1.165, 1.54) is 0 Å². The number of non-ortho nitro benzene ring substituents is 1. The molecular weight excluding hydrogens is 339 g/mol. The second-order valence-electron chi connectivity index (χ2n) is 5.60. The Kier molecular flexibility index (Phi) is 5.02. The van der Waals surface area contributed by atoms with Gasteiger partial charge in [0.05, 0.1) is 22.5 Å². The molecule has 0 saturated heterocycles. The Morgan fingerprint density at radius 1 is 1.23 bits per heavy atom. The second-order valence-corrected chi connectivity index (χ2v) is 5.60. The van der Waals surface area contributed by atoms with Crippen LogP contribution in [0.15, 0.2) is 60.9 Å². The number of aromatic nitrogens is 2. The van der Waals surface area contributed by atoms with Crippen LogP contribution < -0.4 is 5.32 Å². The minimum absolute atomic E-state index is 0.0998. The van der Waals surface area contributed by atoms with Gasteiger partial charge in [0.25, 0.3) is 5.69 Å². The van der Waals surface area contributed by atoms with E-state index in [1.807, 2.05) is 36.5 Å². The third kappa shape index (κ3) is 4.10. The van der Waals surface area contributed by atoms with E-state index in [0.29, 0.717) is 6.42 Å². The van der Waals surface area contributed by atoms with Crippen LogP contribution in [0.3, 0.4) is 0 Å². The molecule has 0 saturated carbocycles. The molecule has 3 aromatic rings. The summed E-state index contributed by atoms with van der Waals surface area (Å²) in [6.07, 6.45) is 3.99. The summed E-state index contributed by atoms with van der Waals surface area (Å²) >= 11 is 0. The smallest absolute Gasteiger partial charge is 0.271 e. The zero-order valence-electron chi connectivity index (χ0n) is 13.6. The fourth-order valence-electron chi connectivity index (χ4n) is 2.40. The fraction of sp³-hybridized carbons (Fsp3) is 0.111. The van der Waals surface area contributed by atoms with Crippen LogP contribution >= 0.6 is 0 Å². The molecule has 0 atom stereocenters. The van der Waals surface area contributed by atoms with Crippen molar-refractivity contribution < 1.29 is 14.1 Å². The lowest BCUT2D eigenvalue weighted by Gasteiger charge is -2.06.